The van der Waals surface area contributed by atoms with Crippen LogP contribution in [0.25, 0.3) is 0 Å². The van der Waals surface area contributed by atoms with Crippen molar-refractivity contribution in [2.24, 2.45) is 5.92 Å². The van der Waals surface area contributed by atoms with Crippen LogP contribution in [0.15, 0.2) is 24.3 Å². The lowest BCUT2D eigenvalue weighted by Crippen LogP contribution is -2.03. The van der Waals surface area contributed by atoms with Crippen molar-refractivity contribution in [3.63, 3.8) is 0 Å². The zero-order valence-corrected chi connectivity index (χ0v) is 12.9. The first kappa shape index (κ1) is 16.5. The molecule has 1 atom stereocenters. The van der Waals surface area contributed by atoms with Gasteiger partial charge in [-0.25, -0.2) is 0 Å². The molecule has 0 bridgehead atoms. The zero-order valence-electron chi connectivity index (χ0n) is 12.9. The lowest BCUT2D eigenvalue weighted by molar-refractivity contribution is -0.140. The van der Waals surface area contributed by atoms with Crippen molar-refractivity contribution in [3.05, 3.63) is 29.8 Å². The van der Waals surface area contributed by atoms with E-state index in [2.05, 4.69) is 30.7 Å². The number of rotatable bonds is 9. The molecule has 0 saturated heterocycles. The second-order valence-electron chi connectivity index (χ2n) is 5.24. The third-order valence-electron chi connectivity index (χ3n) is 3.48. The molecule has 0 radical (unpaired) electrons. The molecule has 0 aliphatic heterocycles. The lowest BCUT2D eigenvalue weighted by atomic mass is 9.99. The van der Waals surface area contributed by atoms with Gasteiger partial charge in [-0.05, 0) is 42.9 Å². The molecule has 3 nitrogen and oxygen atoms in total. The fourth-order valence-corrected chi connectivity index (χ4v) is 1.93. The van der Waals surface area contributed by atoms with Gasteiger partial charge in [0, 0.05) is 6.42 Å². The number of ether oxygens (including phenoxy) is 2. The summed E-state index contributed by atoms with van der Waals surface area (Å²) in [6.45, 7) is 5.13. The molecule has 0 N–H and O–H groups in total. The summed E-state index contributed by atoms with van der Waals surface area (Å²) >= 11 is 0. The summed E-state index contributed by atoms with van der Waals surface area (Å²) in [6.07, 6.45) is 4.46. The molecule has 0 aromatic heterocycles. The minimum atomic E-state index is -0.153. The Morgan fingerprint density at radius 1 is 1.20 bits per heavy atom. The standard InChI is InChI=1S/C17H26O3/c1-4-14(2)13-15-8-10-16(11-9-15)20-12-6-5-7-17(18)19-3/h8-11,14H,4-7,12-13H2,1-3H3. The smallest absolute Gasteiger partial charge is 0.305 e. The van der Waals surface area contributed by atoms with E-state index in [1.54, 1.807) is 0 Å². The summed E-state index contributed by atoms with van der Waals surface area (Å²) in [5.41, 5.74) is 1.36. The summed E-state index contributed by atoms with van der Waals surface area (Å²) in [5.74, 6) is 1.47. The third-order valence-corrected chi connectivity index (χ3v) is 3.48. The Morgan fingerprint density at radius 2 is 1.90 bits per heavy atom. The first-order valence-electron chi connectivity index (χ1n) is 7.44. The van der Waals surface area contributed by atoms with Gasteiger partial charge in [0.2, 0.25) is 0 Å². The first-order valence-corrected chi connectivity index (χ1v) is 7.44. The minimum Gasteiger partial charge on any atom is -0.494 e. The average Bonchev–Trinajstić information content (AvgIpc) is 2.48. The molecule has 112 valence electrons. The number of carbonyl (C=O) groups excluding carboxylic acids is 1. The van der Waals surface area contributed by atoms with Gasteiger partial charge in [0.25, 0.3) is 0 Å². The molecular formula is C17H26O3. The maximum Gasteiger partial charge on any atom is 0.305 e. The molecular weight excluding hydrogens is 252 g/mol. The van der Waals surface area contributed by atoms with E-state index in [0.29, 0.717) is 13.0 Å². The maximum absolute atomic E-state index is 10.9. The second-order valence-corrected chi connectivity index (χ2v) is 5.24. The van der Waals surface area contributed by atoms with Gasteiger partial charge in [-0.15, -0.1) is 0 Å². The van der Waals surface area contributed by atoms with Crippen molar-refractivity contribution in [1.82, 2.24) is 0 Å². The van der Waals surface area contributed by atoms with E-state index in [9.17, 15) is 4.79 Å². The topological polar surface area (TPSA) is 35.5 Å². The Morgan fingerprint density at radius 3 is 2.50 bits per heavy atom. The van der Waals surface area contributed by atoms with Crippen molar-refractivity contribution in [3.8, 4) is 5.75 Å². The maximum atomic E-state index is 10.9. The molecule has 1 aromatic rings. The van der Waals surface area contributed by atoms with Crippen molar-refractivity contribution < 1.29 is 14.3 Å². The minimum absolute atomic E-state index is 0.153. The van der Waals surface area contributed by atoms with Crippen LogP contribution in [0.2, 0.25) is 0 Å². The molecule has 1 rings (SSSR count). The van der Waals surface area contributed by atoms with Crippen LogP contribution in [0, 0.1) is 5.92 Å². The largest absolute Gasteiger partial charge is 0.494 e. The average molecular weight is 278 g/mol. The van der Waals surface area contributed by atoms with Crippen LogP contribution >= 0.6 is 0 Å². The van der Waals surface area contributed by atoms with Crippen LogP contribution in [0.5, 0.6) is 5.75 Å². The van der Waals surface area contributed by atoms with Crippen molar-refractivity contribution in [1.29, 1.82) is 0 Å². The lowest BCUT2D eigenvalue weighted by Gasteiger charge is -2.10. The number of carbonyl (C=O) groups is 1. The van der Waals surface area contributed by atoms with E-state index in [1.165, 1.54) is 19.1 Å². The predicted octanol–water partition coefficient (Wildman–Crippen LogP) is 4.00. The molecule has 20 heavy (non-hydrogen) atoms. The van der Waals surface area contributed by atoms with E-state index >= 15 is 0 Å². The third kappa shape index (κ3) is 6.60. The summed E-state index contributed by atoms with van der Waals surface area (Å²) in [7, 11) is 1.42. The Kier molecular flexibility index (Phi) is 7.78. The number of unbranched alkanes of at least 4 members (excludes halogenated alkanes) is 1. The zero-order chi connectivity index (χ0) is 14.8. The first-order chi connectivity index (χ1) is 9.65. The quantitative estimate of drug-likeness (QED) is 0.506. The molecule has 0 aliphatic rings. The van der Waals surface area contributed by atoms with Crippen molar-refractivity contribution in [2.45, 2.75) is 46.0 Å². The van der Waals surface area contributed by atoms with E-state index in [4.69, 9.17) is 4.74 Å². The molecule has 3 heteroatoms. The molecule has 0 saturated carbocycles. The second kappa shape index (κ2) is 9.40. The van der Waals surface area contributed by atoms with E-state index < -0.39 is 0 Å². The number of esters is 1. The van der Waals surface area contributed by atoms with Crippen molar-refractivity contribution >= 4 is 5.97 Å². The normalized spacial score (nSPS) is 11.9. The summed E-state index contributed by atoms with van der Waals surface area (Å²) in [6, 6.07) is 8.32. The van der Waals surface area contributed by atoms with Gasteiger partial charge in [0.05, 0.1) is 13.7 Å². The van der Waals surface area contributed by atoms with Gasteiger partial charge in [0.1, 0.15) is 5.75 Å². The molecule has 0 aliphatic carbocycles. The SMILES string of the molecule is CCC(C)Cc1ccc(OCCCCC(=O)OC)cc1. The molecule has 0 fully saturated rings. The van der Waals surface area contributed by atoms with Crippen LogP contribution in [-0.4, -0.2) is 19.7 Å². The van der Waals surface area contributed by atoms with Gasteiger partial charge in [-0.1, -0.05) is 32.4 Å². The summed E-state index contributed by atoms with van der Waals surface area (Å²) in [4.78, 5) is 10.9. The number of hydrogen-bond donors (Lipinski definition) is 0. The van der Waals surface area contributed by atoms with Gasteiger partial charge in [-0.3, -0.25) is 4.79 Å². The highest BCUT2D eigenvalue weighted by molar-refractivity contribution is 5.68. The fourth-order valence-electron chi connectivity index (χ4n) is 1.93. The molecule has 0 heterocycles. The van der Waals surface area contributed by atoms with Crippen LogP contribution < -0.4 is 4.74 Å². The van der Waals surface area contributed by atoms with E-state index in [0.717, 1.165) is 30.9 Å². The van der Waals surface area contributed by atoms with Gasteiger partial charge in [0.15, 0.2) is 0 Å². The highest BCUT2D eigenvalue weighted by Gasteiger charge is 2.02. The molecule has 0 spiro atoms. The Balaban J connectivity index is 2.23. The Labute approximate surface area is 122 Å². The van der Waals surface area contributed by atoms with E-state index in [1.807, 2.05) is 12.1 Å². The van der Waals surface area contributed by atoms with Crippen LogP contribution in [0.1, 0.15) is 45.1 Å². The highest BCUT2D eigenvalue weighted by atomic mass is 16.5. The molecule has 1 aromatic carbocycles. The molecule has 1 unspecified atom stereocenters. The van der Waals surface area contributed by atoms with Gasteiger partial charge < -0.3 is 9.47 Å². The van der Waals surface area contributed by atoms with Gasteiger partial charge >= 0.3 is 5.97 Å². The molecule has 0 amide bonds. The van der Waals surface area contributed by atoms with Crippen LogP contribution in [-0.2, 0) is 16.0 Å². The van der Waals surface area contributed by atoms with E-state index in [-0.39, 0.29) is 5.97 Å². The predicted molar refractivity (Wildman–Crippen MR) is 81.0 cm³/mol. The fraction of sp³-hybridized carbons (Fsp3) is 0.588. The highest BCUT2D eigenvalue weighted by Crippen LogP contribution is 2.16. The van der Waals surface area contributed by atoms with Crippen LogP contribution in [0.4, 0.5) is 0 Å². The Bertz CT molecular complexity index is 384. The number of benzene rings is 1. The number of hydrogen-bond acceptors (Lipinski definition) is 3. The number of methoxy groups -OCH3 is 1. The van der Waals surface area contributed by atoms with Crippen LogP contribution in [0.3, 0.4) is 0 Å². The van der Waals surface area contributed by atoms with Crippen molar-refractivity contribution in [2.75, 3.05) is 13.7 Å². The summed E-state index contributed by atoms with van der Waals surface area (Å²) < 4.78 is 10.2. The summed E-state index contributed by atoms with van der Waals surface area (Å²) in [5, 5.41) is 0. The van der Waals surface area contributed by atoms with Gasteiger partial charge in [-0.2, -0.15) is 0 Å². The monoisotopic (exact) mass is 278 g/mol. The Hall–Kier alpha value is -1.51.